The fraction of sp³-hybridized carbons (Fsp3) is 0.125. The first-order valence-electron chi connectivity index (χ1n) is 3.05. The van der Waals surface area contributed by atoms with Gasteiger partial charge in [-0.05, 0) is 24.5 Å². The highest BCUT2D eigenvalue weighted by Crippen LogP contribution is 2.23. The first kappa shape index (κ1) is 7.96. The number of thioether (sulfide) groups is 1. The number of nitrogens with zero attached hydrogens (tertiary/aromatic N) is 1. The van der Waals surface area contributed by atoms with E-state index < -0.39 is 0 Å². The van der Waals surface area contributed by atoms with Crippen LogP contribution >= 0.6 is 11.8 Å². The van der Waals surface area contributed by atoms with Crippen LogP contribution in [0.25, 0.3) is 0 Å². The molecule has 0 atom stereocenters. The molecule has 0 saturated carbocycles. The van der Waals surface area contributed by atoms with Crippen molar-refractivity contribution in [2.75, 3.05) is 6.26 Å². The van der Waals surface area contributed by atoms with E-state index in [2.05, 4.69) is 0 Å². The molecule has 0 aromatic heterocycles. The molecule has 0 amide bonds. The molecule has 1 aromatic carbocycles. The van der Waals surface area contributed by atoms with E-state index in [1.807, 2.05) is 18.4 Å². The molecule has 0 aliphatic heterocycles. The summed E-state index contributed by atoms with van der Waals surface area (Å²) in [5.74, 6) is 0.0550. The molecule has 3 heteroatoms. The minimum absolute atomic E-state index is 0.0550. The summed E-state index contributed by atoms with van der Waals surface area (Å²) in [5.41, 5.74) is 0.322. The SMILES string of the molecule is CSc1ccc(C#N)c(O)c1. The van der Waals surface area contributed by atoms with Gasteiger partial charge in [0.05, 0.1) is 5.56 Å². The zero-order valence-corrected chi connectivity index (χ0v) is 6.85. The van der Waals surface area contributed by atoms with Gasteiger partial charge >= 0.3 is 0 Å². The van der Waals surface area contributed by atoms with E-state index in [1.165, 1.54) is 11.8 Å². The Morgan fingerprint density at radius 2 is 2.27 bits per heavy atom. The molecule has 0 heterocycles. The van der Waals surface area contributed by atoms with Gasteiger partial charge in [-0.15, -0.1) is 11.8 Å². The van der Waals surface area contributed by atoms with E-state index in [-0.39, 0.29) is 5.75 Å². The minimum Gasteiger partial charge on any atom is -0.507 e. The van der Waals surface area contributed by atoms with Crippen molar-refractivity contribution < 1.29 is 5.11 Å². The lowest BCUT2D eigenvalue weighted by atomic mass is 10.2. The topological polar surface area (TPSA) is 44.0 Å². The summed E-state index contributed by atoms with van der Waals surface area (Å²) < 4.78 is 0. The molecule has 0 aliphatic rings. The Bertz CT molecular complexity index is 303. The lowest BCUT2D eigenvalue weighted by Crippen LogP contribution is -1.76. The van der Waals surface area contributed by atoms with E-state index >= 15 is 0 Å². The number of aromatic hydroxyl groups is 1. The Hall–Kier alpha value is -1.14. The van der Waals surface area contributed by atoms with Crippen LogP contribution in [0.15, 0.2) is 23.1 Å². The van der Waals surface area contributed by atoms with Gasteiger partial charge in [0.15, 0.2) is 0 Å². The van der Waals surface area contributed by atoms with Crippen molar-refractivity contribution in [2.45, 2.75) is 4.90 Å². The van der Waals surface area contributed by atoms with Gasteiger partial charge in [0.25, 0.3) is 0 Å². The summed E-state index contributed by atoms with van der Waals surface area (Å²) in [7, 11) is 0. The second-order valence-corrected chi connectivity index (χ2v) is 2.87. The van der Waals surface area contributed by atoms with Crippen molar-refractivity contribution in [1.82, 2.24) is 0 Å². The summed E-state index contributed by atoms with van der Waals surface area (Å²) in [6.07, 6.45) is 1.92. The molecule has 11 heavy (non-hydrogen) atoms. The van der Waals surface area contributed by atoms with Crippen molar-refractivity contribution in [2.24, 2.45) is 0 Å². The van der Waals surface area contributed by atoms with Gasteiger partial charge in [-0.25, -0.2) is 0 Å². The minimum atomic E-state index is 0.0550. The van der Waals surface area contributed by atoms with Crippen molar-refractivity contribution in [3.8, 4) is 11.8 Å². The molecule has 56 valence electrons. The van der Waals surface area contributed by atoms with Crippen LogP contribution in [0, 0.1) is 11.3 Å². The molecule has 0 aliphatic carbocycles. The van der Waals surface area contributed by atoms with Crippen molar-refractivity contribution in [3.05, 3.63) is 23.8 Å². The maximum atomic E-state index is 9.19. The van der Waals surface area contributed by atoms with E-state index in [9.17, 15) is 5.11 Å². The Kier molecular flexibility index (Phi) is 2.40. The van der Waals surface area contributed by atoms with Crippen LogP contribution in [0.5, 0.6) is 5.75 Å². The molecule has 0 bridgehead atoms. The molecule has 2 nitrogen and oxygen atoms in total. The third kappa shape index (κ3) is 1.66. The smallest absolute Gasteiger partial charge is 0.134 e. The highest BCUT2D eigenvalue weighted by molar-refractivity contribution is 7.98. The summed E-state index contributed by atoms with van der Waals surface area (Å²) in [6.45, 7) is 0. The van der Waals surface area contributed by atoms with Gasteiger partial charge < -0.3 is 5.11 Å². The zero-order valence-electron chi connectivity index (χ0n) is 6.03. The number of nitriles is 1. The van der Waals surface area contributed by atoms with Gasteiger partial charge in [0.2, 0.25) is 0 Å². The number of rotatable bonds is 1. The molecule has 1 rings (SSSR count). The second-order valence-electron chi connectivity index (χ2n) is 1.99. The molecule has 0 fully saturated rings. The van der Waals surface area contributed by atoms with Crippen molar-refractivity contribution >= 4 is 11.8 Å². The van der Waals surface area contributed by atoms with Crippen molar-refractivity contribution in [3.63, 3.8) is 0 Å². The van der Waals surface area contributed by atoms with Crippen LogP contribution in [-0.4, -0.2) is 11.4 Å². The van der Waals surface area contributed by atoms with Gasteiger partial charge in [-0.1, -0.05) is 0 Å². The number of phenolic OH excluding ortho intramolecular Hbond substituents is 1. The molecule has 0 unspecified atom stereocenters. The average Bonchev–Trinajstić information content (AvgIpc) is 2.04. The Morgan fingerprint density at radius 1 is 1.55 bits per heavy atom. The zero-order chi connectivity index (χ0) is 8.27. The van der Waals surface area contributed by atoms with Crippen molar-refractivity contribution in [1.29, 1.82) is 5.26 Å². The maximum Gasteiger partial charge on any atom is 0.134 e. The standard InChI is InChI=1S/C8H7NOS/c1-11-7-3-2-6(5-9)8(10)4-7/h2-4,10H,1H3. The second kappa shape index (κ2) is 3.31. The van der Waals surface area contributed by atoms with Crippen LogP contribution in [0.2, 0.25) is 0 Å². The van der Waals surface area contributed by atoms with E-state index in [0.29, 0.717) is 5.56 Å². The van der Waals surface area contributed by atoms with Gasteiger partial charge in [0, 0.05) is 4.90 Å². The van der Waals surface area contributed by atoms with Crippen LogP contribution in [-0.2, 0) is 0 Å². The predicted octanol–water partition coefficient (Wildman–Crippen LogP) is 1.99. The third-order valence-corrected chi connectivity index (χ3v) is 2.05. The molecule has 0 radical (unpaired) electrons. The lowest BCUT2D eigenvalue weighted by molar-refractivity contribution is 0.472. The van der Waals surface area contributed by atoms with Crippen LogP contribution in [0.3, 0.4) is 0 Å². The van der Waals surface area contributed by atoms with E-state index in [4.69, 9.17) is 5.26 Å². The number of hydrogen-bond acceptors (Lipinski definition) is 3. The highest BCUT2D eigenvalue weighted by atomic mass is 32.2. The van der Waals surface area contributed by atoms with E-state index in [1.54, 1.807) is 12.1 Å². The quantitative estimate of drug-likeness (QED) is 0.647. The van der Waals surface area contributed by atoms with Crippen LogP contribution < -0.4 is 0 Å². The first-order valence-corrected chi connectivity index (χ1v) is 4.27. The average molecular weight is 165 g/mol. The third-order valence-electron chi connectivity index (χ3n) is 1.33. The highest BCUT2D eigenvalue weighted by Gasteiger charge is 1.99. The first-order chi connectivity index (χ1) is 5.27. The fourth-order valence-electron chi connectivity index (χ4n) is 0.733. The largest absolute Gasteiger partial charge is 0.507 e. The number of benzene rings is 1. The van der Waals surface area contributed by atoms with Crippen LogP contribution in [0.4, 0.5) is 0 Å². The Balaban J connectivity index is 3.12. The molecule has 1 aromatic rings. The van der Waals surface area contributed by atoms with Crippen LogP contribution in [0.1, 0.15) is 5.56 Å². The van der Waals surface area contributed by atoms with Gasteiger partial charge in [0.1, 0.15) is 11.8 Å². The number of hydrogen-bond donors (Lipinski definition) is 1. The van der Waals surface area contributed by atoms with E-state index in [0.717, 1.165) is 4.90 Å². The molecular formula is C8H7NOS. The summed E-state index contributed by atoms with van der Waals surface area (Å²) in [4.78, 5) is 0.960. The maximum absolute atomic E-state index is 9.19. The molecule has 0 spiro atoms. The molecule has 1 N–H and O–H groups in total. The Morgan fingerprint density at radius 3 is 2.73 bits per heavy atom. The predicted molar refractivity (Wildman–Crippen MR) is 44.6 cm³/mol. The summed E-state index contributed by atoms with van der Waals surface area (Å²) in [6, 6.07) is 6.89. The van der Waals surface area contributed by atoms with Gasteiger partial charge in [-0.2, -0.15) is 5.26 Å². The summed E-state index contributed by atoms with van der Waals surface area (Å²) >= 11 is 1.53. The Labute approximate surface area is 69.5 Å². The lowest BCUT2D eigenvalue weighted by Gasteiger charge is -1.97. The fourth-order valence-corrected chi connectivity index (χ4v) is 1.17. The summed E-state index contributed by atoms with van der Waals surface area (Å²) in [5, 5.41) is 17.7. The van der Waals surface area contributed by atoms with Gasteiger partial charge in [-0.3, -0.25) is 0 Å². The molecule has 0 saturated heterocycles. The molecular weight excluding hydrogens is 158 g/mol. The normalized spacial score (nSPS) is 9.09. The number of phenols is 1. The monoisotopic (exact) mass is 165 g/mol.